The van der Waals surface area contributed by atoms with Gasteiger partial charge in [0.05, 0.1) is 16.6 Å². The molecule has 0 saturated heterocycles. The number of carbonyl (C=O) groups excluding carboxylic acids is 1. The minimum absolute atomic E-state index is 0.125. The van der Waals surface area contributed by atoms with Gasteiger partial charge in [-0.2, -0.15) is 0 Å². The molecule has 0 aliphatic carbocycles. The first-order valence-electron chi connectivity index (χ1n) is 6.56. The maximum Gasteiger partial charge on any atom is 0.238 e. The van der Waals surface area contributed by atoms with Gasteiger partial charge in [0.2, 0.25) is 5.91 Å². The van der Waals surface area contributed by atoms with Crippen molar-refractivity contribution >= 4 is 34.8 Å². The first-order valence-corrected chi connectivity index (χ1v) is 7.31. The van der Waals surface area contributed by atoms with E-state index < -0.39 is 0 Å². The highest BCUT2D eigenvalue weighted by Gasteiger charge is 2.04. The Kier molecular flexibility index (Phi) is 5.62. The second-order valence-electron chi connectivity index (χ2n) is 4.77. The summed E-state index contributed by atoms with van der Waals surface area (Å²) in [7, 11) is 0. The van der Waals surface area contributed by atoms with Crippen molar-refractivity contribution in [2.45, 2.75) is 13.5 Å². The quantitative estimate of drug-likeness (QED) is 0.872. The van der Waals surface area contributed by atoms with Crippen LogP contribution in [0, 0.1) is 6.92 Å². The second-order valence-corrected chi connectivity index (χ2v) is 5.58. The average Bonchev–Trinajstić information content (AvgIpc) is 2.45. The molecule has 0 saturated carbocycles. The van der Waals surface area contributed by atoms with Gasteiger partial charge in [-0.1, -0.05) is 53.0 Å². The number of anilines is 1. The van der Waals surface area contributed by atoms with Crippen LogP contribution in [-0.2, 0) is 11.3 Å². The van der Waals surface area contributed by atoms with Crippen LogP contribution in [-0.4, -0.2) is 12.5 Å². The van der Waals surface area contributed by atoms with Crippen molar-refractivity contribution in [1.82, 2.24) is 5.32 Å². The highest BCUT2D eigenvalue weighted by molar-refractivity contribution is 6.42. The number of hydrogen-bond acceptors (Lipinski definition) is 2. The van der Waals surface area contributed by atoms with Crippen molar-refractivity contribution < 1.29 is 4.79 Å². The van der Waals surface area contributed by atoms with E-state index in [0.29, 0.717) is 22.3 Å². The summed E-state index contributed by atoms with van der Waals surface area (Å²) >= 11 is 11.7. The standard InChI is InChI=1S/C16H16Cl2N2O/c1-11-2-4-12(5-3-11)9-19-10-16(21)20-13-6-7-14(17)15(18)8-13/h2-8,19H,9-10H2,1H3,(H,20,21). The normalized spacial score (nSPS) is 10.4. The van der Waals surface area contributed by atoms with Gasteiger partial charge in [0.25, 0.3) is 0 Å². The maximum absolute atomic E-state index is 11.8. The maximum atomic E-state index is 11.8. The summed E-state index contributed by atoms with van der Waals surface area (Å²) in [5.41, 5.74) is 2.99. The SMILES string of the molecule is Cc1ccc(CNCC(=O)Nc2ccc(Cl)c(Cl)c2)cc1. The Morgan fingerprint density at radius 2 is 1.76 bits per heavy atom. The summed E-state index contributed by atoms with van der Waals surface area (Å²) in [5, 5.41) is 6.74. The molecule has 0 aromatic heterocycles. The molecule has 1 amide bonds. The molecule has 0 aliphatic heterocycles. The molecule has 0 atom stereocenters. The van der Waals surface area contributed by atoms with Crippen LogP contribution in [0.5, 0.6) is 0 Å². The lowest BCUT2D eigenvalue weighted by Crippen LogP contribution is -2.27. The third kappa shape index (κ3) is 5.05. The molecule has 3 nitrogen and oxygen atoms in total. The van der Waals surface area contributed by atoms with Crippen LogP contribution < -0.4 is 10.6 Å². The Labute approximate surface area is 134 Å². The van der Waals surface area contributed by atoms with Gasteiger partial charge in [0.1, 0.15) is 0 Å². The zero-order chi connectivity index (χ0) is 15.2. The molecule has 110 valence electrons. The number of rotatable bonds is 5. The van der Waals surface area contributed by atoms with Crippen molar-refractivity contribution in [3.63, 3.8) is 0 Å². The molecule has 0 fully saturated rings. The van der Waals surface area contributed by atoms with Crippen LogP contribution in [0.25, 0.3) is 0 Å². The van der Waals surface area contributed by atoms with Gasteiger partial charge in [0.15, 0.2) is 0 Å². The first kappa shape index (κ1) is 15.8. The van der Waals surface area contributed by atoms with Crippen LogP contribution in [0.2, 0.25) is 10.0 Å². The fraction of sp³-hybridized carbons (Fsp3) is 0.188. The summed E-state index contributed by atoms with van der Waals surface area (Å²) in [6.07, 6.45) is 0. The number of amides is 1. The summed E-state index contributed by atoms with van der Waals surface area (Å²) in [6.45, 7) is 2.92. The van der Waals surface area contributed by atoms with E-state index in [1.165, 1.54) is 5.56 Å². The van der Waals surface area contributed by atoms with Crippen molar-refractivity contribution in [2.24, 2.45) is 0 Å². The van der Waals surface area contributed by atoms with Gasteiger partial charge in [-0.15, -0.1) is 0 Å². The van der Waals surface area contributed by atoms with Crippen molar-refractivity contribution in [2.75, 3.05) is 11.9 Å². The predicted octanol–water partition coefficient (Wildman–Crippen LogP) is 4.03. The summed E-state index contributed by atoms with van der Waals surface area (Å²) in [6, 6.07) is 13.2. The summed E-state index contributed by atoms with van der Waals surface area (Å²) in [4.78, 5) is 11.8. The largest absolute Gasteiger partial charge is 0.325 e. The lowest BCUT2D eigenvalue weighted by Gasteiger charge is -2.08. The highest BCUT2D eigenvalue weighted by Crippen LogP contribution is 2.24. The molecule has 2 N–H and O–H groups in total. The van der Waals surface area contributed by atoms with Gasteiger partial charge in [-0.3, -0.25) is 4.79 Å². The summed E-state index contributed by atoms with van der Waals surface area (Å²) < 4.78 is 0. The molecule has 0 bridgehead atoms. The molecular formula is C16H16Cl2N2O. The van der Waals surface area contributed by atoms with E-state index in [-0.39, 0.29) is 12.5 Å². The fourth-order valence-corrected chi connectivity index (χ4v) is 2.10. The van der Waals surface area contributed by atoms with E-state index >= 15 is 0 Å². The van der Waals surface area contributed by atoms with Crippen molar-refractivity contribution in [3.8, 4) is 0 Å². The van der Waals surface area contributed by atoms with Crippen LogP contribution in [0.1, 0.15) is 11.1 Å². The van der Waals surface area contributed by atoms with E-state index in [2.05, 4.69) is 10.6 Å². The van der Waals surface area contributed by atoms with Crippen LogP contribution in [0.15, 0.2) is 42.5 Å². The molecular weight excluding hydrogens is 307 g/mol. The number of aryl methyl sites for hydroxylation is 1. The third-order valence-electron chi connectivity index (χ3n) is 2.94. The Morgan fingerprint density at radius 1 is 1.05 bits per heavy atom. The smallest absolute Gasteiger partial charge is 0.238 e. The second kappa shape index (κ2) is 7.46. The van der Waals surface area contributed by atoms with Gasteiger partial charge < -0.3 is 10.6 Å². The van der Waals surface area contributed by atoms with Gasteiger partial charge in [0, 0.05) is 12.2 Å². The molecule has 0 unspecified atom stereocenters. The predicted molar refractivity (Wildman–Crippen MR) is 88.0 cm³/mol. The lowest BCUT2D eigenvalue weighted by atomic mass is 10.1. The highest BCUT2D eigenvalue weighted by atomic mass is 35.5. The van der Waals surface area contributed by atoms with E-state index in [9.17, 15) is 4.79 Å². The van der Waals surface area contributed by atoms with E-state index in [0.717, 1.165) is 5.56 Å². The molecule has 2 aromatic rings. The molecule has 2 aromatic carbocycles. The fourth-order valence-electron chi connectivity index (χ4n) is 1.81. The zero-order valence-corrected chi connectivity index (χ0v) is 13.1. The zero-order valence-electron chi connectivity index (χ0n) is 11.6. The Morgan fingerprint density at radius 3 is 2.43 bits per heavy atom. The molecule has 5 heteroatoms. The van der Waals surface area contributed by atoms with Gasteiger partial charge >= 0.3 is 0 Å². The minimum atomic E-state index is -0.125. The topological polar surface area (TPSA) is 41.1 Å². The van der Waals surface area contributed by atoms with Crippen LogP contribution in [0.3, 0.4) is 0 Å². The molecule has 0 radical (unpaired) electrons. The van der Waals surface area contributed by atoms with Crippen molar-refractivity contribution in [1.29, 1.82) is 0 Å². The van der Waals surface area contributed by atoms with E-state index in [1.54, 1.807) is 18.2 Å². The summed E-state index contributed by atoms with van der Waals surface area (Å²) in [5.74, 6) is -0.125. The third-order valence-corrected chi connectivity index (χ3v) is 3.68. The number of benzene rings is 2. The lowest BCUT2D eigenvalue weighted by molar-refractivity contribution is -0.115. The monoisotopic (exact) mass is 322 g/mol. The minimum Gasteiger partial charge on any atom is -0.325 e. The molecule has 2 rings (SSSR count). The Balaban J connectivity index is 1.79. The van der Waals surface area contributed by atoms with Gasteiger partial charge in [-0.25, -0.2) is 0 Å². The van der Waals surface area contributed by atoms with Crippen LogP contribution in [0.4, 0.5) is 5.69 Å². The van der Waals surface area contributed by atoms with Gasteiger partial charge in [-0.05, 0) is 30.7 Å². The first-order chi connectivity index (χ1) is 10.0. The van der Waals surface area contributed by atoms with Crippen LogP contribution >= 0.6 is 23.2 Å². The number of halogens is 2. The average molecular weight is 323 g/mol. The van der Waals surface area contributed by atoms with E-state index in [4.69, 9.17) is 23.2 Å². The molecule has 0 spiro atoms. The number of carbonyl (C=O) groups is 1. The number of nitrogens with one attached hydrogen (secondary N) is 2. The Bertz CT molecular complexity index is 627. The molecule has 0 aliphatic rings. The van der Waals surface area contributed by atoms with Crippen molar-refractivity contribution in [3.05, 3.63) is 63.6 Å². The molecule has 21 heavy (non-hydrogen) atoms. The van der Waals surface area contributed by atoms with E-state index in [1.807, 2.05) is 31.2 Å². The molecule has 0 heterocycles. The number of hydrogen-bond donors (Lipinski definition) is 2. The Hall–Kier alpha value is -1.55.